The Kier molecular flexibility index (Phi) is 5.20. The predicted molar refractivity (Wildman–Crippen MR) is 103 cm³/mol. The second-order valence-corrected chi connectivity index (χ2v) is 8.97. The van der Waals surface area contributed by atoms with E-state index in [1.54, 1.807) is 36.4 Å². The van der Waals surface area contributed by atoms with Gasteiger partial charge in [-0.3, -0.25) is 4.79 Å². The van der Waals surface area contributed by atoms with Crippen molar-refractivity contribution in [2.45, 2.75) is 17.4 Å². The fourth-order valence-corrected chi connectivity index (χ4v) is 5.01. The second kappa shape index (κ2) is 7.66. The van der Waals surface area contributed by atoms with Crippen molar-refractivity contribution < 1.29 is 27.5 Å². The summed E-state index contributed by atoms with van der Waals surface area (Å²) < 4.78 is 37.5. The molecule has 2 aliphatic rings. The van der Waals surface area contributed by atoms with E-state index in [2.05, 4.69) is 0 Å². The molecule has 2 heterocycles. The van der Waals surface area contributed by atoms with Gasteiger partial charge >= 0.3 is 6.09 Å². The fraction of sp³-hybridized carbons (Fsp3) is 0.263. The lowest BCUT2D eigenvalue weighted by atomic mass is 10.2. The van der Waals surface area contributed by atoms with Gasteiger partial charge in [0.1, 0.15) is 11.5 Å². The Morgan fingerprint density at radius 1 is 1.07 bits per heavy atom. The molecule has 152 valence electrons. The molecular weight excluding hydrogens is 420 g/mol. The number of cyclic esters (lactones) is 1. The second-order valence-electron chi connectivity index (χ2n) is 6.63. The number of halogens is 1. The number of carbonyl (C=O) groups excluding carboxylic acids is 2. The maximum Gasteiger partial charge on any atom is 0.417 e. The number of hydrogen-bond donors (Lipinski definition) is 0. The summed E-state index contributed by atoms with van der Waals surface area (Å²) in [6.07, 6.45) is -0.353. The van der Waals surface area contributed by atoms with E-state index < -0.39 is 28.1 Å². The standard InChI is InChI=1S/C19H17ClN2O6S/c20-16-3-1-2-4-17(16)28-14-5-7-15(8-6-14)29(25,26)21-10-9-13(11-21)22-18(23)12-27-19(22)24/h1-8,13H,9-12H2. The third kappa shape index (κ3) is 3.81. The minimum atomic E-state index is -3.77. The number of hydrogen-bond acceptors (Lipinski definition) is 6. The molecule has 2 saturated heterocycles. The molecule has 0 aromatic heterocycles. The number of amides is 2. The van der Waals surface area contributed by atoms with Crippen molar-refractivity contribution >= 4 is 33.6 Å². The van der Waals surface area contributed by atoms with Gasteiger partial charge in [-0.1, -0.05) is 23.7 Å². The Hall–Kier alpha value is -2.62. The normalized spacial score (nSPS) is 20.2. The van der Waals surface area contributed by atoms with E-state index in [0.29, 0.717) is 22.9 Å². The molecule has 10 heteroatoms. The van der Waals surface area contributed by atoms with Crippen LogP contribution in [0.1, 0.15) is 6.42 Å². The van der Waals surface area contributed by atoms with Gasteiger partial charge in [-0.2, -0.15) is 4.31 Å². The van der Waals surface area contributed by atoms with Gasteiger partial charge in [0, 0.05) is 13.1 Å². The van der Waals surface area contributed by atoms with Crippen LogP contribution in [0, 0.1) is 0 Å². The van der Waals surface area contributed by atoms with Crippen molar-refractivity contribution in [3.63, 3.8) is 0 Å². The summed E-state index contributed by atoms with van der Waals surface area (Å²) in [6, 6.07) is 12.4. The third-order valence-electron chi connectivity index (χ3n) is 4.80. The summed E-state index contributed by atoms with van der Waals surface area (Å²) in [5, 5.41) is 0.447. The van der Waals surface area contributed by atoms with Crippen LogP contribution in [0.2, 0.25) is 5.02 Å². The molecule has 0 radical (unpaired) electrons. The molecule has 29 heavy (non-hydrogen) atoms. The zero-order valence-electron chi connectivity index (χ0n) is 15.2. The van der Waals surface area contributed by atoms with Gasteiger partial charge in [0.05, 0.1) is 16.0 Å². The monoisotopic (exact) mass is 436 g/mol. The topological polar surface area (TPSA) is 93.2 Å². The van der Waals surface area contributed by atoms with Gasteiger partial charge in [-0.25, -0.2) is 18.1 Å². The first-order valence-electron chi connectivity index (χ1n) is 8.87. The number of imide groups is 1. The van der Waals surface area contributed by atoms with Gasteiger partial charge in [-0.15, -0.1) is 0 Å². The Morgan fingerprint density at radius 2 is 1.79 bits per heavy atom. The van der Waals surface area contributed by atoms with Crippen LogP contribution in [0.25, 0.3) is 0 Å². The Balaban J connectivity index is 1.47. The van der Waals surface area contributed by atoms with Crippen LogP contribution in [0.4, 0.5) is 4.79 Å². The molecule has 2 fully saturated rings. The van der Waals surface area contributed by atoms with Crippen molar-refractivity contribution in [3.05, 3.63) is 53.6 Å². The summed E-state index contributed by atoms with van der Waals surface area (Å²) in [7, 11) is -3.77. The molecule has 0 saturated carbocycles. The van der Waals surface area contributed by atoms with E-state index in [4.69, 9.17) is 21.1 Å². The zero-order valence-corrected chi connectivity index (χ0v) is 16.7. The SMILES string of the molecule is O=C1COC(=O)N1C1CCN(S(=O)(=O)c2ccc(Oc3ccccc3Cl)cc2)C1. The molecule has 2 aromatic carbocycles. The first-order chi connectivity index (χ1) is 13.9. The van der Waals surface area contributed by atoms with Crippen molar-refractivity contribution in [3.8, 4) is 11.5 Å². The molecule has 0 spiro atoms. The molecule has 8 nitrogen and oxygen atoms in total. The predicted octanol–water partition coefficient (Wildman–Crippen LogP) is 2.87. The average molecular weight is 437 g/mol. The van der Waals surface area contributed by atoms with Crippen LogP contribution in [0.5, 0.6) is 11.5 Å². The van der Waals surface area contributed by atoms with Crippen LogP contribution in [-0.4, -0.2) is 55.4 Å². The van der Waals surface area contributed by atoms with E-state index in [0.717, 1.165) is 4.90 Å². The summed E-state index contributed by atoms with van der Waals surface area (Å²) >= 11 is 6.06. The molecule has 0 aliphatic carbocycles. The van der Waals surface area contributed by atoms with Crippen LogP contribution in [0.3, 0.4) is 0 Å². The Morgan fingerprint density at radius 3 is 2.45 bits per heavy atom. The van der Waals surface area contributed by atoms with Crippen molar-refractivity contribution in [2.75, 3.05) is 19.7 Å². The van der Waals surface area contributed by atoms with Gasteiger partial charge < -0.3 is 9.47 Å². The number of sulfonamides is 1. The summed E-state index contributed by atoms with van der Waals surface area (Å²) in [6.45, 7) is -0.0437. The first-order valence-corrected chi connectivity index (χ1v) is 10.7. The molecule has 2 aliphatic heterocycles. The molecule has 4 rings (SSSR count). The van der Waals surface area contributed by atoms with Gasteiger partial charge in [0.2, 0.25) is 10.0 Å². The molecule has 0 bridgehead atoms. The fourth-order valence-electron chi connectivity index (χ4n) is 3.34. The van der Waals surface area contributed by atoms with Gasteiger partial charge in [0.25, 0.3) is 5.91 Å². The van der Waals surface area contributed by atoms with Gasteiger partial charge in [0.15, 0.2) is 6.61 Å². The van der Waals surface area contributed by atoms with Crippen molar-refractivity contribution in [1.29, 1.82) is 0 Å². The quantitative estimate of drug-likeness (QED) is 0.715. The van der Waals surface area contributed by atoms with E-state index in [9.17, 15) is 18.0 Å². The van der Waals surface area contributed by atoms with E-state index in [1.165, 1.54) is 16.4 Å². The highest BCUT2D eigenvalue weighted by Crippen LogP contribution is 2.31. The van der Waals surface area contributed by atoms with Crippen LogP contribution in [0.15, 0.2) is 53.4 Å². The van der Waals surface area contributed by atoms with E-state index >= 15 is 0 Å². The van der Waals surface area contributed by atoms with Crippen molar-refractivity contribution in [2.24, 2.45) is 0 Å². The number of rotatable bonds is 5. The maximum atomic E-state index is 12.9. The lowest BCUT2D eigenvalue weighted by molar-refractivity contribution is -0.127. The minimum Gasteiger partial charge on any atom is -0.456 e. The largest absolute Gasteiger partial charge is 0.456 e. The molecule has 2 amide bonds. The first kappa shape index (κ1) is 19.7. The number of carbonyl (C=O) groups is 2. The maximum absolute atomic E-state index is 12.9. The van der Waals surface area contributed by atoms with Crippen LogP contribution >= 0.6 is 11.6 Å². The number of benzene rings is 2. The summed E-state index contributed by atoms with van der Waals surface area (Å²) in [4.78, 5) is 24.6. The molecule has 0 N–H and O–H groups in total. The van der Waals surface area contributed by atoms with Crippen LogP contribution in [-0.2, 0) is 19.6 Å². The number of nitrogens with zero attached hydrogens (tertiary/aromatic N) is 2. The molecule has 1 atom stereocenters. The number of para-hydroxylation sites is 1. The highest BCUT2D eigenvalue weighted by Gasteiger charge is 2.43. The smallest absolute Gasteiger partial charge is 0.417 e. The van der Waals surface area contributed by atoms with E-state index in [-0.39, 0.29) is 24.6 Å². The Bertz CT molecular complexity index is 1040. The zero-order chi connectivity index (χ0) is 20.6. The lowest BCUT2D eigenvalue weighted by Crippen LogP contribution is -2.42. The number of ether oxygens (including phenoxy) is 2. The highest BCUT2D eigenvalue weighted by molar-refractivity contribution is 7.89. The average Bonchev–Trinajstić information content (AvgIpc) is 3.31. The Labute approximate surface area is 172 Å². The minimum absolute atomic E-state index is 0.0427. The molecule has 1 unspecified atom stereocenters. The lowest BCUT2D eigenvalue weighted by Gasteiger charge is -2.20. The summed E-state index contributed by atoms with van der Waals surface area (Å²) in [5.41, 5.74) is 0. The highest BCUT2D eigenvalue weighted by atomic mass is 35.5. The van der Waals surface area contributed by atoms with E-state index in [1.807, 2.05) is 0 Å². The summed E-state index contributed by atoms with van der Waals surface area (Å²) in [5.74, 6) is 0.469. The van der Waals surface area contributed by atoms with Gasteiger partial charge in [-0.05, 0) is 42.8 Å². The van der Waals surface area contributed by atoms with Crippen molar-refractivity contribution in [1.82, 2.24) is 9.21 Å². The van der Waals surface area contributed by atoms with Crippen LogP contribution < -0.4 is 4.74 Å². The third-order valence-corrected chi connectivity index (χ3v) is 6.99. The molecule has 2 aromatic rings. The molecular formula is C19H17ClN2O6S.